The van der Waals surface area contributed by atoms with E-state index in [-0.39, 0.29) is 12.6 Å². The highest BCUT2D eigenvalue weighted by Crippen LogP contribution is 2.34. The molecule has 0 aliphatic carbocycles. The van der Waals surface area contributed by atoms with Crippen LogP contribution >= 0.6 is 0 Å². The lowest BCUT2D eigenvalue weighted by molar-refractivity contribution is 0.0661. The Morgan fingerprint density at radius 3 is 2.95 bits per heavy atom. The van der Waals surface area contributed by atoms with E-state index < -0.39 is 5.97 Å². The normalized spacial score (nSPS) is 12.4. The number of aromatic carboxylic acids is 1. The molecular formula is C13H11NO5. The number of benzene rings is 1. The summed E-state index contributed by atoms with van der Waals surface area (Å²) in [6, 6.07) is 7.08. The first kappa shape index (κ1) is 11.5. The number of hydrogen-bond acceptors (Lipinski definition) is 5. The van der Waals surface area contributed by atoms with Gasteiger partial charge in [-0.05, 0) is 18.2 Å². The Morgan fingerprint density at radius 1 is 1.26 bits per heavy atom. The van der Waals surface area contributed by atoms with Crippen molar-refractivity contribution < 1.29 is 23.8 Å². The molecule has 1 aromatic carbocycles. The molecule has 0 atom stereocenters. The maximum atomic E-state index is 10.9. The Hall–Kier alpha value is -2.63. The third-order valence-corrected chi connectivity index (χ3v) is 2.80. The van der Waals surface area contributed by atoms with Crippen molar-refractivity contribution in [2.24, 2.45) is 0 Å². The van der Waals surface area contributed by atoms with E-state index in [4.69, 9.17) is 19.0 Å². The summed E-state index contributed by atoms with van der Waals surface area (Å²) in [5, 5.41) is 12.0. The number of hydrogen-bond donors (Lipinski definition) is 2. The molecule has 0 fully saturated rings. The third-order valence-electron chi connectivity index (χ3n) is 2.80. The molecule has 3 rings (SSSR count). The summed E-state index contributed by atoms with van der Waals surface area (Å²) in [4.78, 5) is 10.9. The monoisotopic (exact) mass is 261 g/mol. The lowest BCUT2D eigenvalue weighted by atomic mass is 10.2. The highest BCUT2D eigenvalue weighted by atomic mass is 16.7. The second-order valence-corrected chi connectivity index (χ2v) is 4.00. The van der Waals surface area contributed by atoms with E-state index in [1.165, 1.54) is 6.26 Å². The molecule has 0 radical (unpaired) electrons. The van der Waals surface area contributed by atoms with Gasteiger partial charge in [-0.3, -0.25) is 0 Å². The SMILES string of the molecule is O=C(O)c1occc1CNc1ccc2c(c1)OCO2. The standard InChI is InChI=1S/C13H11NO5/c15-13(16)12-8(3-4-17-12)6-14-9-1-2-10-11(5-9)19-7-18-10/h1-5,14H,6-7H2,(H,15,16). The number of rotatable bonds is 4. The third kappa shape index (κ3) is 2.20. The van der Waals surface area contributed by atoms with Crippen LogP contribution in [-0.2, 0) is 6.54 Å². The van der Waals surface area contributed by atoms with Crippen molar-refractivity contribution in [3.8, 4) is 11.5 Å². The maximum Gasteiger partial charge on any atom is 0.372 e. The topological polar surface area (TPSA) is 80.9 Å². The minimum atomic E-state index is -1.08. The van der Waals surface area contributed by atoms with Crippen LogP contribution in [0, 0.1) is 0 Å². The van der Waals surface area contributed by atoms with Gasteiger partial charge in [0.1, 0.15) is 0 Å². The Bertz CT molecular complexity index is 619. The summed E-state index contributed by atoms with van der Waals surface area (Å²) in [6.07, 6.45) is 1.36. The fraction of sp³-hybridized carbons (Fsp3) is 0.154. The van der Waals surface area contributed by atoms with Gasteiger partial charge in [-0.15, -0.1) is 0 Å². The molecule has 0 saturated heterocycles. The first-order valence-electron chi connectivity index (χ1n) is 5.67. The van der Waals surface area contributed by atoms with E-state index in [0.29, 0.717) is 23.6 Å². The van der Waals surface area contributed by atoms with Crippen LogP contribution in [-0.4, -0.2) is 17.9 Å². The van der Waals surface area contributed by atoms with Crippen LogP contribution in [0.2, 0.25) is 0 Å². The van der Waals surface area contributed by atoms with E-state index in [2.05, 4.69) is 5.32 Å². The first-order chi connectivity index (χ1) is 9.24. The molecule has 0 bridgehead atoms. The average Bonchev–Trinajstić information content (AvgIpc) is 3.04. The zero-order chi connectivity index (χ0) is 13.2. The van der Waals surface area contributed by atoms with Crippen LogP contribution in [0.4, 0.5) is 5.69 Å². The molecule has 0 unspecified atom stereocenters. The van der Waals surface area contributed by atoms with Crippen molar-refractivity contribution in [3.05, 3.63) is 41.9 Å². The highest BCUT2D eigenvalue weighted by Gasteiger charge is 2.15. The van der Waals surface area contributed by atoms with E-state index >= 15 is 0 Å². The number of ether oxygens (including phenoxy) is 2. The number of anilines is 1. The summed E-state index contributed by atoms with van der Waals surface area (Å²) in [6.45, 7) is 0.585. The minimum absolute atomic E-state index is 0.0479. The first-order valence-corrected chi connectivity index (χ1v) is 5.67. The average molecular weight is 261 g/mol. The van der Waals surface area contributed by atoms with Crippen LogP contribution in [0.1, 0.15) is 16.1 Å². The lowest BCUT2D eigenvalue weighted by Gasteiger charge is -2.06. The molecule has 2 heterocycles. The second-order valence-electron chi connectivity index (χ2n) is 4.00. The van der Waals surface area contributed by atoms with Gasteiger partial charge in [0.05, 0.1) is 6.26 Å². The molecule has 1 aliphatic rings. The maximum absolute atomic E-state index is 10.9. The van der Waals surface area contributed by atoms with Crippen LogP contribution in [0.5, 0.6) is 11.5 Å². The Kier molecular flexibility index (Phi) is 2.75. The fourth-order valence-electron chi connectivity index (χ4n) is 1.87. The van der Waals surface area contributed by atoms with Gasteiger partial charge in [0.25, 0.3) is 0 Å². The van der Waals surface area contributed by atoms with Crippen LogP contribution < -0.4 is 14.8 Å². The number of carboxylic acid groups (broad SMARTS) is 1. The molecule has 6 heteroatoms. The number of carboxylic acids is 1. The number of furan rings is 1. The Balaban J connectivity index is 1.72. The van der Waals surface area contributed by atoms with Crippen LogP contribution in [0.15, 0.2) is 34.9 Å². The van der Waals surface area contributed by atoms with Gasteiger partial charge in [0, 0.05) is 23.9 Å². The lowest BCUT2D eigenvalue weighted by Crippen LogP contribution is -2.04. The van der Waals surface area contributed by atoms with E-state index in [1.807, 2.05) is 12.1 Å². The van der Waals surface area contributed by atoms with Gasteiger partial charge in [-0.2, -0.15) is 0 Å². The molecule has 0 amide bonds. The van der Waals surface area contributed by atoms with Crippen molar-refractivity contribution in [3.63, 3.8) is 0 Å². The van der Waals surface area contributed by atoms with Gasteiger partial charge in [0.15, 0.2) is 11.5 Å². The molecular weight excluding hydrogens is 250 g/mol. The van der Waals surface area contributed by atoms with Gasteiger partial charge < -0.3 is 24.3 Å². The van der Waals surface area contributed by atoms with Gasteiger partial charge >= 0.3 is 5.97 Å². The molecule has 6 nitrogen and oxygen atoms in total. The summed E-state index contributed by atoms with van der Waals surface area (Å²) in [5.74, 6) is 0.261. The quantitative estimate of drug-likeness (QED) is 0.879. The molecule has 0 spiro atoms. The van der Waals surface area contributed by atoms with Crippen LogP contribution in [0.25, 0.3) is 0 Å². The summed E-state index contributed by atoms with van der Waals surface area (Å²) in [5.41, 5.74) is 1.41. The van der Waals surface area contributed by atoms with Crippen molar-refractivity contribution in [2.45, 2.75) is 6.54 Å². The summed E-state index contributed by atoms with van der Waals surface area (Å²) >= 11 is 0. The molecule has 1 aromatic heterocycles. The summed E-state index contributed by atoms with van der Waals surface area (Å²) < 4.78 is 15.4. The molecule has 2 N–H and O–H groups in total. The Labute approximate surface area is 108 Å². The number of fused-ring (bicyclic) bond motifs is 1. The van der Waals surface area contributed by atoms with E-state index in [9.17, 15) is 4.79 Å². The Morgan fingerprint density at radius 2 is 2.11 bits per heavy atom. The summed E-state index contributed by atoms with van der Waals surface area (Å²) in [7, 11) is 0. The van der Waals surface area contributed by atoms with Crippen LogP contribution in [0.3, 0.4) is 0 Å². The zero-order valence-electron chi connectivity index (χ0n) is 9.88. The van der Waals surface area contributed by atoms with Crippen molar-refractivity contribution >= 4 is 11.7 Å². The number of nitrogens with one attached hydrogen (secondary N) is 1. The van der Waals surface area contributed by atoms with Gasteiger partial charge in [0.2, 0.25) is 12.6 Å². The van der Waals surface area contributed by atoms with Gasteiger partial charge in [-0.1, -0.05) is 0 Å². The molecule has 0 saturated carbocycles. The predicted molar refractivity (Wildman–Crippen MR) is 65.6 cm³/mol. The van der Waals surface area contributed by atoms with E-state index in [1.54, 1.807) is 12.1 Å². The van der Waals surface area contributed by atoms with Crippen molar-refractivity contribution in [2.75, 3.05) is 12.1 Å². The fourth-order valence-corrected chi connectivity index (χ4v) is 1.87. The largest absolute Gasteiger partial charge is 0.475 e. The van der Waals surface area contributed by atoms with Crippen molar-refractivity contribution in [1.29, 1.82) is 0 Å². The van der Waals surface area contributed by atoms with E-state index in [0.717, 1.165) is 5.69 Å². The number of carbonyl (C=O) groups is 1. The van der Waals surface area contributed by atoms with Gasteiger partial charge in [-0.25, -0.2) is 4.79 Å². The zero-order valence-corrected chi connectivity index (χ0v) is 9.88. The molecule has 98 valence electrons. The highest BCUT2D eigenvalue weighted by molar-refractivity contribution is 5.86. The minimum Gasteiger partial charge on any atom is -0.475 e. The molecule has 1 aliphatic heterocycles. The second kappa shape index (κ2) is 4.56. The predicted octanol–water partition coefficient (Wildman–Crippen LogP) is 2.32. The molecule has 2 aromatic rings. The molecule has 19 heavy (non-hydrogen) atoms. The smallest absolute Gasteiger partial charge is 0.372 e. The van der Waals surface area contributed by atoms with Crippen molar-refractivity contribution in [1.82, 2.24) is 0 Å².